The van der Waals surface area contributed by atoms with E-state index in [-0.39, 0.29) is 6.17 Å². The molecule has 1 aliphatic heterocycles. The summed E-state index contributed by atoms with van der Waals surface area (Å²) in [6, 6.07) is 10.0. The van der Waals surface area contributed by atoms with Crippen LogP contribution in [-0.2, 0) is 0 Å². The zero-order valence-electron chi connectivity index (χ0n) is 7.64. The molecule has 1 aliphatic rings. The maximum absolute atomic E-state index is 5.91. The molecule has 68 valence electrons. The highest BCUT2D eigenvalue weighted by Gasteiger charge is 2.21. The lowest BCUT2D eigenvalue weighted by molar-refractivity contribution is 0.692. The van der Waals surface area contributed by atoms with Crippen molar-refractivity contribution in [3.05, 3.63) is 30.3 Å². The summed E-state index contributed by atoms with van der Waals surface area (Å²) < 4.78 is 0. The highest BCUT2D eigenvalue weighted by Crippen LogP contribution is 2.20. The fourth-order valence-electron chi connectivity index (χ4n) is 1.52. The van der Waals surface area contributed by atoms with Crippen molar-refractivity contribution in [2.75, 3.05) is 5.01 Å². The first kappa shape index (κ1) is 8.26. The molecule has 2 N–H and O–H groups in total. The van der Waals surface area contributed by atoms with E-state index in [0.29, 0.717) is 0 Å². The fourth-order valence-corrected chi connectivity index (χ4v) is 1.52. The van der Waals surface area contributed by atoms with E-state index in [9.17, 15) is 0 Å². The lowest BCUT2D eigenvalue weighted by Crippen LogP contribution is -2.34. The van der Waals surface area contributed by atoms with Crippen molar-refractivity contribution >= 4 is 11.4 Å². The summed E-state index contributed by atoms with van der Waals surface area (Å²) in [5.41, 5.74) is 8.07. The molecule has 1 heterocycles. The maximum Gasteiger partial charge on any atom is 0.105 e. The molecule has 0 saturated heterocycles. The molecule has 0 saturated carbocycles. The molecule has 0 spiro atoms. The topological polar surface area (TPSA) is 41.6 Å². The second kappa shape index (κ2) is 3.18. The Labute approximate surface area is 77.9 Å². The average molecular weight is 175 g/mol. The van der Waals surface area contributed by atoms with Gasteiger partial charge in [-0.2, -0.15) is 5.10 Å². The number of hydrogen-bond donors (Lipinski definition) is 1. The monoisotopic (exact) mass is 175 g/mol. The lowest BCUT2D eigenvalue weighted by Gasteiger charge is -2.19. The van der Waals surface area contributed by atoms with Gasteiger partial charge in [-0.15, -0.1) is 0 Å². The summed E-state index contributed by atoms with van der Waals surface area (Å²) in [6.07, 6.45) is 0.858. The summed E-state index contributed by atoms with van der Waals surface area (Å²) in [7, 11) is 0. The molecule has 0 unspecified atom stereocenters. The van der Waals surface area contributed by atoms with Gasteiger partial charge in [0, 0.05) is 12.1 Å². The molecule has 3 heteroatoms. The molecule has 0 bridgehead atoms. The standard InChI is InChI=1S/C10H13N3/c1-8-7-10(11)13(12-8)9-5-3-2-4-6-9/h2-6,10H,7,11H2,1H3/t10-/m1/s1. The van der Waals surface area contributed by atoms with Crippen molar-refractivity contribution in [3.8, 4) is 0 Å². The summed E-state index contributed by atoms with van der Waals surface area (Å²) in [4.78, 5) is 0. The van der Waals surface area contributed by atoms with Crippen LogP contribution < -0.4 is 10.7 Å². The Hall–Kier alpha value is -1.35. The van der Waals surface area contributed by atoms with Gasteiger partial charge < -0.3 is 5.73 Å². The van der Waals surface area contributed by atoms with E-state index < -0.39 is 0 Å². The second-order valence-corrected chi connectivity index (χ2v) is 3.29. The van der Waals surface area contributed by atoms with Gasteiger partial charge in [-0.3, -0.25) is 0 Å². The Morgan fingerprint density at radius 3 is 2.62 bits per heavy atom. The number of benzene rings is 1. The van der Waals surface area contributed by atoms with Crippen molar-refractivity contribution in [2.24, 2.45) is 10.8 Å². The number of nitrogens with zero attached hydrogens (tertiary/aromatic N) is 2. The first-order valence-corrected chi connectivity index (χ1v) is 4.41. The van der Waals surface area contributed by atoms with Gasteiger partial charge in [-0.25, -0.2) is 5.01 Å². The highest BCUT2D eigenvalue weighted by atomic mass is 15.5. The lowest BCUT2D eigenvalue weighted by atomic mass is 10.2. The fraction of sp³-hybridized carbons (Fsp3) is 0.300. The van der Waals surface area contributed by atoms with Gasteiger partial charge in [-0.1, -0.05) is 18.2 Å². The van der Waals surface area contributed by atoms with Gasteiger partial charge in [0.1, 0.15) is 6.17 Å². The van der Waals surface area contributed by atoms with Crippen LogP contribution in [0.2, 0.25) is 0 Å². The molecule has 2 rings (SSSR count). The normalized spacial score (nSPS) is 21.8. The summed E-state index contributed by atoms with van der Waals surface area (Å²) in [6.45, 7) is 2.00. The summed E-state index contributed by atoms with van der Waals surface area (Å²) >= 11 is 0. The zero-order valence-corrected chi connectivity index (χ0v) is 7.64. The Kier molecular flexibility index (Phi) is 2.02. The van der Waals surface area contributed by atoms with Crippen molar-refractivity contribution < 1.29 is 0 Å². The molecule has 0 aromatic heterocycles. The number of nitrogens with two attached hydrogens (primary N) is 1. The van der Waals surface area contributed by atoms with E-state index in [4.69, 9.17) is 5.73 Å². The quantitative estimate of drug-likeness (QED) is 0.703. The van der Waals surface area contributed by atoms with Crippen LogP contribution in [0.5, 0.6) is 0 Å². The van der Waals surface area contributed by atoms with Gasteiger partial charge in [0.25, 0.3) is 0 Å². The zero-order chi connectivity index (χ0) is 9.26. The molecule has 13 heavy (non-hydrogen) atoms. The van der Waals surface area contributed by atoms with Crippen molar-refractivity contribution in [1.82, 2.24) is 0 Å². The Morgan fingerprint density at radius 1 is 1.38 bits per heavy atom. The highest BCUT2D eigenvalue weighted by molar-refractivity contribution is 5.86. The van der Waals surface area contributed by atoms with Crippen LogP contribution >= 0.6 is 0 Å². The van der Waals surface area contributed by atoms with E-state index in [2.05, 4.69) is 5.10 Å². The second-order valence-electron chi connectivity index (χ2n) is 3.29. The average Bonchev–Trinajstić information content (AvgIpc) is 2.47. The van der Waals surface area contributed by atoms with Gasteiger partial charge in [0.2, 0.25) is 0 Å². The van der Waals surface area contributed by atoms with Crippen LogP contribution in [0.15, 0.2) is 35.4 Å². The third kappa shape index (κ3) is 1.55. The number of rotatable bonds is 1. The first-order chi connectivity index (χ1) is 6.27. The van der Waals surface area contributed by atoms with Gasteiger partial charge in [-0.05, 0) is 19.1 Å². The number of anilines is 1. The minimum atomic E-state index is 0.00222. The van der Waals surface area contributed by atoms with Crippen molar-refractivity contribution in [1.29, 1.82) is 0 Å². The third-order valence-corrected chi connectivity index (χ3v) is 2.12. The molecule has 0 fully saturated rings. The van der Waals surface area contributed by atoms with E-state index in [1.165, 1.54) is 0 Å². The largest absolute Gasteiger partial charge is 0.309 e. The van der Waals surface area contributed by atoms with Gasteiger partial charge in [0.05, 0.1) is 5.69 Å². The molecule has 0 radical (unpaired) electrons. The molecular formula is C10H13N3. The van der Waals surface area contributed by atoms with Crippen LogP contribution in [0.1, 0.15) is 13.3 Å². The van der Waals surface area contributed by atoms with Gasteiger partial charge in [0.15, 0.2) is 0 Å². The number of hydrazone groups is 1. The third-order valence-electron chi connectivity index (χ3n) is 2.12. The number of hydrogen-bond acceptors (Lipinski definition) is 3. The molecule has 1 aromatic rings. The molecule has 1 atom stereocenters. The van der Waals surface area contributed by atoms with E-state index in [0.717, 1.165) is 17.8 Å². The van der Waals surface area contributed by atoms with Crippen molar-refractivity contribution in [2.45, 2.75) is 19.5 Å². The predicted molar refractivity (Wildman–Crippen MR) is 54.6 cm³/mol. The first-order valence-electron chi connectivity index (χ1n) is 4.41. The van der Waals surface area contributed by atoms with E-state index >= 15 is 0 Å². The van der Waals surface area contributed by atoms with Crippen LogP contribution in [-0.4, -0.2) is 11.9 Å². The predicted octanol–water partition coefficient (Wildman–Crippen LogP) is 1.56. The van der Waals surface area contributed by atoms with Crippen molar-refractivity contribution in [3.63, 3.8) is 0 Å². The van der Waals surface area contributed by atoms with E-state index in [1.54, 1.807) is 0 Å². The van der Waals surface area contributed by atoms with Gasteiger partial charge >= 0.3 is 0 Å². The van der Waals surface area contributed by atoms with Crippen LogP contribution in [0.25, 0.3) is 0 Å². The summed E-state index contributed by atoms with van der Waals surface area (Å²) in [5.74, 6) is 0. The maximum atomic E-state index is 5.91. The molecule has 3 nitrogen and oxygen atoms in total. The van der Waals surface area contributed by atoms with Crippen LogP contribution in [0.4, 0.5) is 5.69 Å². The molecule has 0 amide bonds. The Bertz CT molecular complexity index is 318. The smallest absolute Gasteiger partial charge is 0.105 e. The molecular weight excluding hydrogens is 162 g/mol. The SMILES string of the molecule is CC1=NN(c2ccccc2)[C@@H](N)C1. The molecule has 1 aromatic carbocycles. The minimum absolute atomic E-state index is 0.00222. The number of para-hydroxylation sites is 1. The Morgan fingerprint density at radius 2 is 2.08 bits per heavy atom. The summed E-state index contributed by atoms with van der Waals surface area (Å²) in [5, 5.41) is 6.24. The minimum Gasteiger partial charge on any atom is -0.309 e. The Balaban J connectivity index is 2.27. The van der Waals surface area contributed by atoms with Crippen LogP contribution in [0, 0.1) is 0 Å². The molecule has 0 aliphatic carbocycles. The van der Waals surface area contributed by atoms with E-state index in [1.807, 2.05) is 42.3 Å². The van der Waals surface area contributed by atoms with Crippen LogP contribution in [0.3, 0.4) is 0 Å².